The molecule has 0 aliphatic heterocycles. The first-order valence-corrected chi connectivity index (χ1v) is 4.84. The third-order valence-corrected chi connectivity index (χ3v) is 2.36. The topological polar surface area (TPSA) is 68.1 Å². The molecule has 0 aliphatic rings. The van der Waals surface area contributed by atoms with E-state index < -0.39 is 5.97 Å². The van der Waals surface area contributed by atoms with Crippen molar-refractivity contribution in [3.05, 3.63) is 41.7 Å². The largest absolute Gasteiger partial charge is 0.464 e. The van der Waals surface area contributed by atoms with Crippen LogP contribution in [0.3, 0.4) is 0 Å². The lowest BCUT2D eigenvalue weighted by atomic mass is 10.1. The molecule has 0 saturated carbocycles. The van der Waals surface area contributed by atoms with Gasteiger partial charge in [0.25, 0.3) is 0 Å². The average Bonchev–Trinajstić information content (AvgIpc) is 2.77. The number of carbonyl (C=O) groups excluding carboxylic acids is 1. The van der Waals surface area contributed by atoms with E-state index in [0.717, 1.165) is 16.5 Å². The second-order valence-electron chi connectivity index (χ2n) is 3.38. The second kappa shape index (κ2) is 4.10. The summed E-state index contributed by atoms with van der Waals surface area (Å²) in [5.74, 6) is -0.521. The van der Waals surface area contributed by atoms with E-state index in [1.807, 2.05) is 30.5 Å². The molecule has 2 aromatic rings. The van der Waals surface area contributed by atoms with E-state index in [9.17, 15) is 4.79 Å². The number of aromatic nitrogens is 1. The van der Waals surface area contributed by atoms with Gasteiger partial charge in [-0.3, -0.25) is 0 Å². The zero-order valence-electron chi connectivity index (χ0n) is 8.86. The Morgan fingerprint density at radius 2 is 2.25 bits per heavy atom. The maximum Gasteiger partial charge on any atom is 0.353 e. The first-order valence-electron chi connectivity index (χ1n) is 4.84. The summed E-state index contributed by atoms with van der Waals surface area (Å²) in [6, 6.07) is 7.69. The summed E-state index contributed by atoms with van der Waals surface area (Å²) < 4.78 is 4.54. The summed E-state index contributed by atoms with van der Waals surface area (Å²) in [6.45, 7) is 0. The summed E-state index contributed by atoms with van der Waals surface area (Å²) in [7, 11) is 1.31. The van der Waals surface area contributed by atoms with Crippen molar-refractivity contribution in [1.82, 2.24) is 4.98 Å². The van der Waals surface area contributed by atoms with E-state index in [1.54, 1.807) is 6.08 Å². The minimum Gasteiger partial charge on any atom is -0.464 e. The molecule has 0 spiro atoms. The zero-order valence-corrected chi connectivity index (χ0v) is 8.86. The number of aromatic amines is 1. The molecule has 0 saturated heterocycles. The fraction of sp³-hybridized carbons (Fsp3) is 0.0833. The Balaban J connectivity index is 2.48. The maximum absolute atomic E-state index is 11.2. The van der Waals surface area contributed by atoms with Crippen LogP contribution >= 0.6 is 0 Å². The summed E-state index contributed by atoms with van der Waals surface area (Å²) in [5.41, 5.74) is 7.59. The standard InChI is InChI=1S/C12H12N2O2/c1-16-12(15)10(13)7-8-3-2-4-11-9(8)5-6-14-11/h2-7,14H,13H2,1H3/b10-7-. The van der Waals surface area contributed by atoms with Crippen LogP contribution in [-0.2, 0) is 9.53 Å². The number of nitrogens with one attached hydrogen (secondary N) is 1. The van der Waals surface area contributed by atoms with E-state index in [4.69, 9.17) is 5.73 Å². The molecular weight excluding hydrogens is 204 g/mol. The van der Waals surface area contributed by atoms with Crippen molar-refractivity contribution in [3.63, 3.8) is 0 Å². The molecule has 1 heterocycles. The van der Waals surface area contributed by atoms with Crippen molar-refractivity contribution in [3.8, 4) is 0 Å². The molecule has 0 aliphatic carbocycles. The van der Waals surface area contributed by atoms with Crippen molar-refractivity contribution in [2.24, 2.45) is 5.73 Å². The molecular formula is C12H12N2O2. The van der Waals surface area contributed by atoms with Crippen molar-refractivity contribution in [2.75, 3.05) is 7.11 Å². The molecule has 0 atom stereocenters. The van der Waals surface area contributed by atoms with E-state index >= 15 is 0 Å². The molecule has 1 aromatic carbocycles. The highest BCUT2D eigenvalue weighted by atomic mass is 16.5. The molecule has 82 valence electrons. The number of hydrogen-bond acceptors (Lipinski definition) is 3. The minimum atomic E-state index is -0.521. The number of fused-ring (bicyclic) bond motifs is 1. The smallest absolute Gasteiger partial charge is 0.353 e. The fourth-order valence-corrected chi connectivity index (χ4v) is 1.58. The van der Waals surface area contributed by atoms with E-state index in [1.165, 1.54) is 7.11 Å². The van der Waals surface area contributed by atoms with Gasteiger partial charge >= 0.3 is 5.97 Å². The number of nitrogens with two attached hydrogens (primary N) is 1. The molecule has 0 radical (unpaired) electrons. The van der Waals surface area contributed by atoms with Crippen molar-refractivity contribution < 1.29 is 9.53 Å². The van der Waals surface area contributed by atoms with Crippen LogP contribution in [0.1, 0.15) is 5.56 Å². The first kappa shape index (κ1) is 10.3. The van der Waals surface area contributed by atoms with Gasteiger partial charge in [-0.05, 0) is 23.8 Å². The number of ether oxygens (including phenoxy) is 1. The van der Waals surface area contributed by atoms with Gasteiger partial charge in [-0.15, -0.1) is 0 Å². The van der Waals surface area contributed by atoms with E-state index in [-0.39, 0.29) is 5.70 Å². The predicted octanol–water partition coefficient (Wildman–Crippen LogP) is 1.64. The van der Waals surface area contributed by atoms with Crippen LogP contribution in [-0.4, -0.2) is 18.1 Å². The van der Waals surface area contributed by atoms with Crippen LogP contribution in [0.5, 0.6) is 0 Å². The Hall–Kier alpha value is -2.23. The third-order valence-electron chi connectivity index (χ3n) is 2.36. The van der Waals surface area contributed by atoms with E-state index in [2.05, 4.69) is 9.72 Å². The van der Waals surface area contributed by atoms with Gasteiger partial charge in [0, 0.05) is 17.1 Å². The number of H-pyrrole nitrogens is 1. The van der Waals surface area contributed by atoms with Gasteiger partial charge in [0.15, 0.2) is 0 Å². The number of hydrogen-bond donors (Lipinski definition) is 2. The van der Waals surface area contributed by atoms with Crippen molar-refractivity contribution in [2.45, 2.75) is 0 Å². The zero-order chi connectivity index (χ0) is 11.5. The Morgan fingerprint density at radius 3 is 3.00 bits per heavy atom. The van der Waals surface area contributed by atoms with Crippen molar-refractivity contribution in [1.29, 1.82) is 0 Å². The molecule has 0 fully saturated rings. The van der Waals surface area contributed by atoms with Gasteiger partial charge < -0.3 is 15.5 Å². The second-order valence-corrected chi connectivity index (χ2v) is 3.38. The minimum absolute atomic E-state index is 0.0937. The summed E-state index contributed by atoms with van der Waals surface area (Å²) in [4.78, 5) is 14.3. The van der Waals surface area contributed by atoms with Crippen LogP contribution in [0.15, 0.2) is 36.2 Å². The quantitative estimate of drug-likeness (QED) is 0.592. The summed E-state index contributed by atoms with van der Waals surface area (Å²) in [5, 5.41) is 1.02. The normalized spacial score (nSPS) is 11.7. The van der Waals surface area contributed by atoms with Crippen LogP contribution in [0, 0.1) is 0 Å². The van der Waals surface area contributed by atoms with Gasteiger partial charge in [0.05, 0.1) is 7.11 Å². The molecule has 0 amide bonds. The number of carbonyl (C=O) groups is 1. The SMILES string of the molecule is COC(=O)/C(N)=C/c1cccc2[nH]ccc12. The Bertz CT molecular complexity index is 555. The van der Waals surface area contributed by atoms with Crippen LogP contribution < -0.4 is 5.73 Å². The van der Waals surface area contributed by atoms with Gasteiger partial charge in [-0.25, -0.2) is 4.79 Å². The molecule has 4 nitrogen and oxygen atoms in total. The van der Waals surface area contributed by atoms with Crippen LogP contribution in [0.4, 0.5) is 0 Å². The average molecular weight is 216 g/mol. The lowest BCUT2D eigenvalue weighted by Gasteiger charge is -2.00. The highest BCUT2D eigenvalue weighted by Gasteiger charge is 2.05. The Kier molecular flexibility index (Phi) is 2.64. The summed E-state index contributed by atoms with van der Waals surface area (Å²) >= 11 is 0. The molecule has 4 heteroatoms. The number of methoxy groups -OCH3 is 1. The maximum atomic E-state index is 11.2. The van der Waals surface area contributed by atoms with Crippen LogP contribution in [0.2, 0.25) is 0 Å². The molecule has 0 unspecified atom stereocenters. The van der Waals surface area contributed by atoms with Crippen LogP contribution in [0.25, 0.3) is 17.0 Å². The van der Waals surface area contributed by atoms with Gasteiger partial charge in [0.1, 0.15) is 5.70 Å². The Labute approximate surface area is 92.7 Å². The lowest BCUT2D eigenvalue weighted by molar-refractivity contribution is -0.136. The molecule has 3 N–H and O–H groups in total. The third kappa shape index (κ3) is 1.77. The Morgan fingerprint density at radius 1 is 1.44 bits per heavy atom. The monoisotopic (exact) mass is 216 g/mol. The summed E-state index contributed by atoms with van der Waals surface area (Å²) in [6.07, 6.45) is 3.46. The highest BCUT2D eigenvalue weighted by molar-refractivity contribution is 5.96. The van der Waals surface area contributed by atoms with E-state index in [0.29, 0.717) is 0 Å². The molecule has 1 aromatic heterocycles. The number of benzene rings is 1. The van der Waals surface area contributed by atoms with Gasteiger partial charge in [0.2, 0.25) is 0 Å². The first-order chi connectivity index (χ1) is 7.72. The molecule has 2 rings (SSSR count). The molecule has 16 heavy (non-hydrogen) atoms. The molecule has 0 bridgehead atoms. The van der Waals surface area contributed by atoms with Gasteiger partial charge in [-0.1, -0.05) is 12.1 Å². The number of rotatable bonds is 2. The number of esters is 1. The highest BCUT2D eigenvalue weighted by Crippen LogP contribution is 2.19. The lowest BCUT2D eigenvalue weighted by Crippen LogP contribution is -2.12. The predicted molar refractivity (Wildman–Crippen MR) is 62.5 cm³/mol. The van der Waals surface area contributed by atoms with Crippen molar-refractivity contribution >= 4 is 22.9 Å². The van der Waals surface area contributed by atoms with Gasteiger partial charge in [-0.2, -0.15) is 0 Å². The fourth-order valence-electron chi connectivity index (χ4n) is 1.58.